The number of carbonyl (C=O) groups is 1. The number of nitrogens with zero attached hydrogens (tertiary/aromatic N) is 1. The summed E-state index contributed by atoms with van der Waals surface area (Å²) in [6, 6.07) is 3.67. The SMILES string of the molecule is O=C(CCc1ccc(F)c(F)c1)N1CCCC(O)C1. The van der Waals surface area contributed by atoms with Gasteiger partial charge in [0.05, 0.1) is 6.10 Å². The number of aliphatic hydroxyl groups excluding tert-OH is 1. The highest BCUT2D eigenvalue weighted by atomic mass is 19.2. The number of β-amino-alcohol motifs (C(OH)–C–C–N with tert-alkyl or cyclic N) is 1. The maximum absolute atomic E-state index is 13.0. The van der Waals surface area contributed by atoms with Crippen LogP contribution >= 0.6 is 0 Å². The zero-order valence-electron chi connectivity index (χ0n) is 10.6. The fourth-order valence-corrected chi connectivity index (χ4v) is 2.29. The molecule has 0 saturated carbocycles. The maximum atomic E-state index is 13.0. The molecule has 0 aliphatic carbocycles. The predicted molar refractivity (Wildman–Crippen MR) is 66.5 cm³/mol. The lowest BCUT2D eigenvalue weighted by molar-refractivity contribution is -0.134. The standard InChI is InChI=1S/C14H17F2NO2/c15-12-5-3-10(8-13(12)16)4-6-14(19)17-7-1-2-11(18)9-17/h3,5,8,11,18H,1-2,4,6-7,9H2. The lowest BCUT2D eigenvalue weighted by atomic mass is 10.1. The summed E-state index contributed by atoms with van der Waals surface area (Å²) >= 11 is 0. The molecule has 1 atom stereocenters. The van der Waals surface area contributed by atoms with Gasteiger partial charge in [-0.2, -0.15) is 0 Å². The van der Waals surface area contributed by atoms with Gasteiger partial charge in [0, 0.05) is 19.5 Å². The fourth-order valence-electron chi connectivity index (χ4n) is 2.29. The van der Waals surface area contributed by atoms with E-state index in [1.165, 1.54) is 6.07 Å². The van der Waals surface area contributed by atoms with Crippen LogP contribution in [-0.4, -0.2) is 35.1 Å². The van der Waals surface area contributed by atoms with Gasteiger partial charge in [-0.15, -0.1) is 0 Å². The first kappa shape index (κ1) is 13.9. The summed E-state index contributed by atoms with van der Waals surface area (Å²) in [7, 11) is 0. The minimum atomic E-state index is -0.890. The number of aryl methyl sites for hydroxylation is 1. The number of hydrogen-bond donors (Lipinski definition) is 1. The Bertz CT molecular complexity index is 465. The zero-order valence-corrected chi connectivity index (χ0v) is 10.6. The molecular weight excluding hydrogens is 252 g/mol. The van der Waals surface area contributed by atoms with Crippen molar-refractivity contribution in [2.24, 2.45) is 0 Å². The maximum Gasteiger partial charge on any atom is 0.222 e. The van der Waals surface area contributed by atoms with Gasteiger partial charge in [-0.25, -0.2) is 8.78 Å². The molecule has 0 aromatic heterocycles. The summed E-state index contributed by atoms with van der Waals surface area (Å²) in [4.78, 5) is 13.5. The van der Waals surface area contributed by atoms with Crippen LogP contribution in [0.15, 0.2) is 18.2 Å². The second-order valence-corrected chi connectivity index (χ2v) is 4.88. The number of carbonyl (C=O) groups excluding carboxylic acids is 1. The highest BCUT2D eigenvalue weighted by Crippen LogP contribution is 2.14. The van der Waals surface area contributed by atoms with Gasteiger partial charge in [-0.3, -0.25) is 4.79 Å². The third-order valence-corrected chi connectivity index (χ3v) is 3.36. The smallest absolute Gasteiger partial charge is 0.222 e. The van der Waals surface area contributed by atoms with Crippen molar-refractivity contribution in [3.8, 4) is 0 Å². The first-order valence-electron chi connectivity index (χ1n) is 6.46. The van der Waals surface area contributed by atoms with Gasteiger partial charge in [0.2, 0.25) is 5.91 Å². The van der Waals surface area contributed by atoms with Gasteiger partial charge >= 0.3 is 0 Å². The van der Waals surface area contributed by atoms with E-state index in [4.69, 9.17) is 0 Å². The Kier molecular flexibility index (Phi) is 4.47. The quantitative estimate of drug-likeness (QED) is 0.910. The van der Waals surface area contributed by atoms with Gasteiger partial charge in [0.25, 0.3) is 0 Å². The summed E-state index contributed by atoms with van der Waals surface area (Å²) in [6.45, 7) is 1.03. The molecule has 1 heterocycles. The van der Waals surface area contributed by atoms with E-state index in [2.05, 4.69) is 0 Å². The lowest BCUT2D eigenvalue weighted by Crippen LogP contribution is -2.42. The van der Waals surface area contributed by atoms with Gasteiger partial charge in [-0.05, 0) is 37.0 Å². The minimum absolute atomic E-state index is 0.0523. The van der Waals surface area contributed by atoms with Crippen molar-refractivity contribution >= 4 is 5.91 Å². The molecular formula is C14H17F2NO2. The second-order valence-electron chi connectivity index (χ2n) is 4.88. The highest BCUT2D eigenvalue weighted by molar-refractivity contribution is 5.76. The van der Waals surface area contributed by atoms with Crippen molar-refractivity contribution in [2.75, 3.05) is 13.1 Å². The molecule has 1 unspecified atom stereocenters. The number of halogens is 2. The van der Waals surface area contributed by atoms with E-state index >= 15 is 0 Å². The van der Waals surface area contributed by atoms with Crippen LogP contribution in [0.25, 0.3) is 0 Å². The average molecular weight is 269 g/mol. The van der Waals surface area contributed by atoms with Crippen molar-refractivity contribution in [1.82, 2.24) is 4.90 Å². The molecule has 1 amide bonds. The molecule has 0 bridgehead atoms. The molecule has 1 aliphatic heterocycles. The molecule has 1 aliphatic rings. The Morgan fingerprint density at radius 2 is 2.16 bits per heavy atom. The number of amides is 1. The Morgan fingerprint density at radius 3 is 2.84 bits per heavy atom. The molecule has 0 radical (unpaired) electrons. The van der Waals surface area contributed by atoms with E-state index in [-0.39, 0.29) is 12.3 Å². The van der Waals surface area contributed by atoms with Crippen LogP contribution in [0, 0.1) is 11.6 Å². The Balaban J connectivity index is 1.87. The third-order valence-electron chi connectivity index (χ3n) is 3.36. The van der Waals surface area contributed by atoms with Crippen molar-refractivity contribution in [2.45, 2.75) is 31.8 Å². The molecule has 104 valence electrons. The number of piperidine rings is 1. The summed E-state index contributed by atoms with van der Waals surface area (Å²) in [5.41, 5.74) is 0.602. The van der Waals surface area contributed by atoms with Gasteiger partial charge < -0.3 is 10.0 Å². The molecule has 3 nitrogen and oxygen atoms in total. The molecule has 1 aromatic rings. The predicted octanol–water partition coefficient (Wildman–Crippen LogP) is 1.88. The van der Waals surface area contributed by atoms with E-state index in [0.717, 1.165) is 25.0 Å². The van der Waals surface area contributed by atoms with Gasteiger partial charge in [0.15, 0.2) is 11.6 Å². The van der Waals surface area contributed by atoms with Crippen LogP contribution in [-0.2, 0) is 11.2 Å². The molecule has 0 spiro atoms. The van der Waals surface area contributed by atoms with Crippen LogP contribution in [0.3, 0.4) is 0 Å². The van der Waals surface area contributed by atoms with Crippen molar-refractivity contribution in [3.05, 3.63) is 35.4 Å². The van der Waals surface area contributed by atoms with Crippen LogP contribution in [0.2, 0.25) is 0 Å². The third kappa shape index (κ3) is 3.73. The van der Waals surface area contributed by atoms with Crippen molar-refractivity contribution < 1.29 is 18.7 Å². The fraction of sp³-hybridized carbons (Fsp3) is 0.500. The van der Waals surface area contributed by atoms with Crippen LogP contribution in [0.4, 0.5) is 8.78 Å². The average Bonchev–Trinajstić information content (AvgIpc) is 2.40. The number of rotatable bonds is 3. The Morgan fingerprint density at radius 1 is 1.37 bits per heavy atom. The zero-order chi connectivity index (χ0) is 13.8. The van der Waals surface area contributed by atoms with Crippen LogP contribution < -0.4 is 0 Å². The highest BCUT2D eigenvalue weighted by Gasteiger charge is 2.21. The van der Waals surface area contributed by atoms with Gasteiger partial charge in [-0.1, -0.05) is 6.07 Å². The second kappa shape index (κ2) is 6.10. The van der Waals surface area contributed by atoms with E-state index in [0.29, 0.717) is 25.1 Å². The van der Waals surface area contributed by atoms with E-state index in [1.807, 2.05) is 0 Å². The lowest BCUT2D eigenvalue weighted by Gasteiger charge is -2.30. The van der Waals surface area contributed by atoms with E-state index in [1.54, 1.807) is 4.90 Å². The Hall–Kier alpha value is -1.49. The molecule has 1 aromatic carbocycles. The van der Waals surface area contributed by atoms with Gasteiger partial charge in [0.1, 0.15) is 0 Å². The molecule has 1 fully saturated rings. The Labute approximate surface area is 110 Å². The summed E-state index contributed by atoms with van der Waals surface area (Å²) in [5.74, 6) is -1.82. The van der Waals surface area contributed by atoms with Crippen molar-refractivity contribution in [3.63, 3.8) is 0 Å². The van der Waals surface area contributed by atoms with E-state index in [9.17, 15) is 18.7 Å². The molecule has 1 N–H and O–H groups in total. The summed E-state index contributed by atoms with van der Waals surface area (Å²) in [5, 5.41) is 9.50. The van der Waals surface area contributed by atoms with Crippen LogP contribution in [0.5, 0.6) is 0 Å². The first-order valence-corrected chi connectivity index (χ1v) is 6.46. The van der Waals surface area contributed by atoms with E-state index < -0.39 is 17.7 Å². The number of benzene rings is 1. The first-order chi connectivity index (χ1) is 9.06. The number of likely N-dealkylation sites (tertiary alicyclic amines) is 1. The molecule has 2 rings (SSSR count). The monoisotopic (exact) mass is 269 g/mol. The number of aliphatic hydroxyl groups is 1. The molecule has 5 heteroatoms. The largest absolute Gasteiger partial charge is 0.391 e. The van der Waals surface area contributed by atoms with Crippen molar-refractivity contribution in [1.29, 1.82) is 0 Å². The molecule has 19 heavy (non-hydrogen) atoms. The normalized spacial score (nSPS) is 19.5. The summed E-state index contributed by atoms with van der Waals surface area (Å²) in [6.07, 6.45) is 1.71. The number of hydrogen-bond acceptors (Lipinski definition) is 2. The topological polar surface area (TPSA) is 40.5 Å². The minimum Gasteiger partial charge on any atom is -0.391 e. The molecule has 1 saturated heterocycles. The van der Waals surface area contributed by atoms with Crippen LogP contribution in [0.1, 0.15) is 24.8 Å². The summed E-state index contributed by atoms with van der Waals surface area (Å²) < 4.78 is 25.8.